The van der Waals surface area contributed by atoms with Crippen LogP contribution in [-0.2, 0) is 9.59 Å². The lowest BCUT2D eigenvalue weighted by Crippen LogP contribution is -2.42. The Bertz CT molecular complexity index is 248. The van der Waals surface area contributed by atoms with Crippen LogP contribution in [0.25, 0.3) is 0 Å². The van der Waals surface area contributed by atoms with Crippen molar-refractivity contribution >= 4 is 24.3 Å². The molecule has 0 aliphatic rings. The van der Waals surface area contributed by atoms with Crippen LogP contribution in [0.15, 0.2) is 0 Å². The van der Waals surface area contributed by atoms with Crippen LogP contribution in [0.1, 0.15) is 27.7 Å². The van der Waals surface area contributed by atoms with Gasteiger partial charge in [0.05, 0.1) is 6.54 Å². The van der Waals surface area contributed by atoms with Crippen molar-refractivity contribution in [1.82, 2.24) is 10.2 Å². The molecule has 0 radical (unpaired) electrons. The summed E-state index contributed by atoms with van der Waals surface area (Å²) in [5.74, 6) is -0.270. The monoisotopic (exact) mass is 280 g/mol. The lowest BCUT2D eigenvalue weighted by Gasteiger charge is -2.25. The Morgan fingerprint density at radius 3 is 1.89 bits per heavy atom. The molecule has 0 saturated carbocycles. The highest BCUT2D eigenvalue weighted by Crippen LogP contribution is 2.03. The van der Waals surface area contributed by atoms with Crippen molar-refractivity contribution in [2.45, 2.75) is 27.7 Å². The first-order chi connectivity index (χ1) is 7.81. The molecule has 0 heterocycles. The average Bonchev–Trinajstić information content (AvgIpc) is 2.12. The molecule has 5 nitrogen and oxygen atoms in total. The molecular formula is C12H25ClN2O3. The van der Waals surface area contributed by atoms with Crippen molar-refractivity contribution in [3.8, 4) is 0 Å². The normalized spacial score (nSPS) is 10.6. The molecule has 0 atom stereocenters. The van der Waals surface area contributed by atoms with E-state index in [0.717, 1.165) is 13.1 Å². The first-order valence-electron chi connectivity index (χ1n) is 6.02. The standard InChI is InChI=1S/C12H24N2O3.ClH/c1-9(2)6-14(7-10(3)4)8-11(15)13-5-12(16)17;/h9-10H,5-8H2,1-4H3,(H,13,15)(H,16,17);1H. The molecule has 0 aromatic carbocycles. The molecule has 0 fully saturated rings. The van der Waals surface area contributed by atoms with E-state index < -0.39 is 5.97 Å². The van der Waals surface area contributed by atoms with Crippen molar-refractivity contribution in [3.63, 3.8) is 0 Å². The molecule has 0 aromatic heterocycles. The Morgan fingerprint density at radius 1 is 1.11 bits per heavy atom. The zero-order chi connectivity index (χ0) is 13.4. The van der Waals surface area contributed by atoms with Gasteiger partial charge in [0.15, 0.2) is 0 Å². The number of rotatable bonds is 8. The van der Waals surface area contributed by atoms with Crippen molar-refractivity contribution in [1.29, 1.82) is 0 Å². The zero-order valence-electron chi connectivity index (χ0n) is 11.6. The molecule has 18 heavy (non-hydrogen) atoms. The van der Waals surface area contributed by atoms with Crippen LogP contribution in [0.2, 0.25) is 0 Å². The van der Waals surface area contributed by atoms with Gasteiger partial charge in [-0.1, -0.05) is 27.7 Å². The van der Waals surface area contributed by atoms with E-state index in [9.17, 15) is 9.59 Å². The van der Waals surface area contributed by atoms with Gasteiger partial charge in [-0.2, -0.15) is 0 Å². The molecule has 0 aromatic rings. The first-order valence-corrected chi connectivity index (χ1v) is 6.02. The number of nitrogens with one attached hydrogen (secondary N) is 1. The summed E-state index contributed by atoms with van der Waals surface area (Å²) in [6, 6.07) is 0. The van der Waals surface area contributed by atoms with Crippen LogP contribution in [0.5, 0.6) is 0 Å². The Hall–Kier alpha value is -0.810. The quantitative estimate of drug-likeness (QED) is 0.701. The third-order valence-electron chi connectivity index (χ3n) is 2.05. The second-order valence-electron chi connectivity index (χ2n) is 5.15. The smallest absolute Gasteiger partial charge is 0.322 e. The van der Waals surface area contributed by atoms with Crippen LogP contribution < -0.4 is 5.32 Å². The number of carbonyl (C=O) groups excluding carboxylic acids is 1. The number of carbonyl (C=O) groups is 2. The number of carboxylic acid groups (broad SMARTS) is 1. The van der Waals surface area contributed by atoms with Crippen LogP contribution in [0.3, 0.4) is 0 Å². The number of hydrogen-bond donors (Lipinski definition) is 2. The summed E-state index contributed by atoms with van der Waals surface area (Å²) in [5, 5.41) is 10.8. The van der Waals surface area contributed by atoms with Gasteiger partial charge < -0.3 is 10.4 Å². The van der Waals surface area contributed by atoms with Crippen LogP contribution in [0, 0.1) is 11.8 Å². The van der Waals surface area contributed by atoms with Gasteiger partial charge in [0, 0.05) is 13.1 Å². The second-order valence-corrected chi connectivity index (χ2v) is 5.15. The highest BCUT2D eigenvalue weighted by atomic mass is 35.5. The van der Waals surface area contributed by atoms with Crippen molar-refractivity contribution < 1.29 is 14.7 Å². The van der Waals surface area contributed by atoms with E-state index in [2.05, 4.69) is 37.9 Å². The Kier molecular flexibility index (Phi) is 11.0. The van der Waals surface area contributed by atoms with Crippen LogP contribution >= 0.6 is 12.4 Å². The molecule has 6 heteroatoms. The Labute approximate surface area is 115 Å². The van der Waals surface area contributed by atoms with Crippen LogP contribution in [-0.4, -0.2) is 48.1 Å². The third kappa shape index (κ3) is 11.7. The van der Waals surface area contributed by atoms with E-state index in [1.54, 1.807) is 0 Å². The zero-order valence-corrected chi connectivity index (χ0v) is 12.4. The SMILES string of the molecule is CC(C)CN(CC(=O)NCC(=O)O)CC(C)C.Cl. The molecule has 0 rings (SSSR count). The van der Waals surface area contributed by atoms with Gasteiger partial charge in [-0.3, -0.25) is 14.5 Å². The summed E-state index contributed by atoms with van der Waals surface area (Å²) in [4.78, 5) is 23.9. The van der Waals surface area contributed by atoms with Crippen molar-refractivity contribution in [3.05, 3.63) is 0 Å². The molecule has 0 saturated heterocycles. The molecule has 108 valence electrons. The van der Waals surface area contributed by atoms with Gasteiger partial charge in [0.1, 0.15) is 6.54 Å². The molecule has 1 amide bonds. The molecule has 0 bridgehead atoms. The number of hydrogen-bond acceptors (Lipinski definition) is 3. The predicted molar refractivity (Wildman–Crippen MR) is 74.0 cm³/mol. The minimum atomic E-state index is -1.02. The van der Waals surface area contributed by atoms with Crippen LogP contribution in [0.4, 0.5) is 0 Å². The molecular weight excluding hydrogens is 256 g/mol. The highest BCUT2D eigenvalue weighted by molar-refractivity contribution is 5.85. The fourth-order valence-corrected chi connectivity index (χ4v) is 1.67. The summed E-state index contributed by atoms with van der Waals surface area (Å²) in [6.45, 7) is 10.0. The van der Waals surface area contributed by atoms with E-state index in [1.165, 1.54) is 0 Å². The largest absolute Gasteiger partial charge is 0.480 e. The van der Waals surface area contributed by atoms with Gasteiger partial charge >= 0.3 is 5.97 Å². The van der Waals surface area contributed by atoms with E-state index in [-0.39, 0.29) is 31.4 Å². The van der Waals surface area contributed by atoms with Gasteiger partial charge in [-0.05, 0) is 11.8 Å². The second kappa shape index (κ2) is 10.1. The minimum Gasteiger partial charge on any atom is -0.480 e. The lowest BCUT2D eigenvalue weighted by atomic mass is 10.1. The maximum atomic E-state index is 11.5. The maximum absolute atomic E-state index is 11.5. The predicted octanol–water partition coefficient (Wildman–Crippen LogP) is 1.22. The highest BCUT2D eigenvalue weighted by Gasteiger charge is 2.13. The summed E-state index contributed by atoms with van der Waals surface area (Å²) in [6.07, 6.45) is 0. The Morgan fingerprint density at radius 2 is 1.56 bits per heavy atom. The topological polar surface area (TPSA) is 69.6 Å². The number of carboxylic acids is 1. The molecule has 2 N–H and O–H groups in total. The van der Waals surface area contributed by atoms with E-state index in [1.807, 2.05) is 0 Å². The molecule has 0 unspecified atom stereocenters. The number of halogens is 1. The molecule has 0 aliphatic heterocycles. The molecule has 0 spiro atoms. The molecule has 0 aliphatic carbocycles. The Balaban J connectivity index is 0. The number of aliphatic carboxylic acids is 1. The average molecular weight is 281 g/mol. The number of nitrogens with zero attached hydrogens (tertiary/aromatic N) is 1. The van der Waals surface area contributed by atoms with Crippen molar-refractivity contribution in [2.24, 2.45) is 11.8 Å². The van der Waals surface area contributed by atoms with Gasteiger partial charge in [-0.25, -0.2) is 0 Å². The maximum Gasteiger partial charge on any atom is 0.322 e. The first kappa shape index (κ1) is 19.5. The number of amides is 1. The van der Waals surface area contributed by atoms with Crippen molar-refractivity contribution in [2.75, 3.05) is 26.2 Å². The summed E-state index contributed by atoms with van der Waals surface area (Å²) >= 11 is 0. The third-order valence-corrected chi connectivity index (χ3v) is 2.05. The van der Waals surface area contributed by atoms with Gasteiger partial charge in [0.25, 0.3) is 0 Å². The summed E-state index contributed by atoms with van der Waals surface area (Å²) in [5.41, 5.74) is 0. The van der Waals surface area contributed by atoms with Gasteiger partial charge in [-0.15, -0.1) is 12.4 Å². The fourth-order valence-electron chi connectivity index (χ4n) is 1.67. The summed E-state index contributed by atoms with van der Waals surface area (Å²) < 4.78 is 0. The van der Waals surface area contributed by atoms with Gasteiger partial charge in [0.2, 0.25) is 5.91 Å². The van der Waals surface area contributed by atoms with E-state index in [0.29, 0.717) is 11.8 Å². The summed E-state index contributed by atoms with van der Waals surface area (Å²) in [7, 11) is 0. The fraction of sp³-hybridized carbons (Fsp3) is 0.833. The minimum absolute atomic E-state index is 0. The van der Waals surface area contributed by atoms with E-state index in [4.69, 9.17) is 5.11 Å². The van der Waals surface area contributed by atoms with E-state index >= 15 is 0 Å². The lowest BCUT2D eigenvalue weighted by molar-refractivity contribution is -0.138.